The summed E-state index contributed by atoms with van der Waals surface area (Å²) in [5.41, 5.74) is 1.54. The van der Waals surface area contributed by atoms with Gasteiger partial charge in [-0.05, 0) is 31.5 Å². The number of rotatable bonds is 2. The summed E-state index contributed by atoms with van der Waals surface area (Å²) >= 11 is 0. The van der Waals surface area contributed by atoms with Crippen LogP contribution in [0.3, 0.4) is 0 Å². The molecule has 98 valence electrons. The maximum absolute atomic E-state index is 11.3. The van der Waals surface area contributed by atoms with E-state index < -0.39 is 5.41 Å². The average molecular weight is 257 g/mol. The number of aromatic nitrogens is 2. The maximum Gasteiger partial charge on any atom is 0.323 e. The summed E-state index contributed by atoms with van der Waals surface area (Å²) in [4.78, 5) is 16.8. The summed E-state index contributed by atoms with van der Waals surface area (Å²) in [6.45, 7) is 4.93. The largest absolute Gasteiger partial charge is 0.379 e. The summed E-state index contributed by atoms with van der Waals surface area (Å²) in [7, 11) is 0. The van der Waals surface area contributed by atoms with Crippen molar-refractivity contribution in [2.45, 2.75) is 19.3 Å². The van der Waals surface area contributed by atoms with Crippen molar-refractivity contribution in [1.82, 2.24) is 9.97 Å². The van der Waals surface area contributed by atoms with Crippen LogP contribution in [0.5, 0.6) is 0 Å². The zero-order valence-corrected chi connectivity index (χ0v) is 10.9. The van der Waals surface area contributed by atoms with Crippen molar-refractivity contribution < 1.29 is 4.74 Å². The molecule has 0 unspecified atom stereocenters. The Morgan fingerprint density at radius 3 is 2.58 bits per heavy atom. The van der Waals surface area contributed by atoms with Gasteiger partial charge in [0.05, 0.1) is 41.1 Å². The number of benzene rings is 1. The molecule has 1 aromatic carbocycles. The number of nitriles is 1. The van der Waals surface area contributed by atoms with Gasteiger partial charge >= 0.3 is 5.69 Å². The third-order valence-corrected chi connectivity index (χ3v) is 4.24. The molecule has 2 N–H and O–H groups in total. The number of H-pyrrole nitrogens is 2. The molecule has 5 heteroatoms. The van der Waals surface area contributed by atoms with Crippen molar-refractivity contribution in [3.8, 4) is 6.07 Å². The van der Waals surface area contributed by atoms with Gasteiger partial charge in [-0.2, -0.15) is 5.26 Å². The third kappa shape index (κ3) is 1.53. The number of nitrogens with one attached hydrogen (secondary N) is 2. The number of hydrogen-bond acceptors (Lipinski definition) is 3. The van der Waals surface area contributed by atoms with Gasteiger partial charge in [0, 0.05) is 0 Å². The molecule has 0 bridgehead atoms. The van der Waals surface area contributed by atoms with Gasteiger partial charge in [-0.3, -0.25) is 0 Å². The van der Waals surface area contributed by atoms with Crippen LogP contribution in [0.1, 0.15) is 19.4 Å². The van der Waals surface area contributed by atoms with Crippen LogP contribution in [-0.4, -0.2) is 23.2 Å². The molecule has 3 rings (SSSR count). The van der Waals surface area contributed by atoms with E-state index in [0.717, 1.165) is 16.6 Å². The van der Waals surface area contributed by atoms with Crippen molar-refractivity contribution in [1.29, 1.82) is 5.26 Å². The van der Waals surface area contributed by atoms with E-state index in [4.69, 9.17) is 4.74 Å². The molecular weight excluding hydrogens is 242 g/mol. The monoisotopic (exact) mass is 257 g/mol. The highest BCUT2D eigenvalue weighted by Gasteiger charge is 2.52. The molecule has 5 nitrogen and oxygen atoms in total. The molecule has 0 atom stereocenters. The first-order chi connectivity index (χ1) is 8.98. The second kappa shape index (κ2) is 3.72. The Hall–Kier alpha value is -2.06. The van der Waals surface area contributed by atoms with Gasteiger partial charge in [0.2, 0.25) is 0 Å². The molecule has 19 heavy (non-hydrogen) atoms. The lowest BCUT2D eigenvalue weighted by molar-refractivity contribution is -0.102. The van der Waals surface area contributed by atoms with Crippen molar-refractivity contribution in [3.63, 3.8) is 0 Å². The Bertz CT molecular complexity index is 729. The first-order valence-corrected chi connectivity index (χ1v) is 6.20. The second-order valence-corrected chi connectivity index (χ2v) is 5.65. The van der Waals surface area contributed by atoms with Crippen LogP contribution >= 0.6 is 0 Å². The molecule has 2 heterocycles. The zero-order chi connectivity index (χ0) is 13.7. The van der Waals surface area contributed by atoms with Crippen LogP contribution in [-0.2, 0) is 10.2 Å². The second-order valence-electron chi connectivity index (χ2n) is 5.65. The lowest BCUT2D eigenvalue weighted by atomic mass is 9.61. The molecule has 1 aliphatic heterocycles. The molecule has 1 aromatic heterocycles. The van der Waals surface area contributed by atoms with E-state index in [9.17, 15) is 10.1 Å². The maximum atomic E-state index is 11.3. The van der Waals surface area contributed by atoms with E-state index in [2.05, 4.69) is 16.0 Å². The number of ether oxygens (including phenoxy) is 1. The number of imidazole rings is 1. The predicted octanol–water partition coefficient (Wildman–Crippen LogP) is 1.67. The minimum Gasteiger partial charge on any atom is -0.379 e. The molecule has 1 aliphatic rings. The fraction of sp³-hybridized carbons (Fsp3) is 0.429. The standard InChI is InChI=1S/C14H15N3O2/c1-13(2,6-15)14(7-19-8-14)9-3-4-10-11(5-9)17-12(18)16-10/h3-5H,7-8H2,1-2H3,(H2,16,17,18). The fourth-order valence-corrected chi connectivity index (χ4v) is 2.63. The Balaban J connectivity index is 2.17. The molecule has 0 aliphatic carbocycles. The lowest BCUT2D eigenvalue weighted by Gasteiger charge is -2.49. The van der Waals surface area contributed by atoms with Gasteiger partial charge in [0.15, 0.2) is 0 Å². The van der Waals surface area contributed by atoms with E-state index in [0.29, 0.717) is 13.2 Å². The van der Waals surface area contributed by atoms with Crippen LogP contribution in [0.4, 0.5) is 0 Å². The molecule has 0 spiro atoms. The first kappa shape index (κ1) is 12.0. The molecule has 1 saturated heterocycles. The van der Waals surface area contributed by atoms with E-state index in [1.807, 2.05) is 32.0 Å². The van der Waals surface area contributed by atoms with Crippen molar-refractivity contribution >= 4 is 11.0 Å². The van der Waals surface area contributed by atoms with Gasteiger partial charge in [-0.25, -0.2) is 4.79 Å². The highest BCUT2D eigenvalue weighted by Crippen LogP contribution is 2.47. The Kier molecular flexibility index (Phi) is 2.35. The molecular formula is C14H15N3O2. The van der Waals surface area contributed by atoms with Gasteiger partial charge in [-0.15, -0.1) is 0 Å². The van der Waals surface area contributed by atoms with E-state index in [-0.39, 0.29) is 11.1 Å². The quantitative estimate of drug-likeness (QED) is 0.858. The number of nitrogens with zero attached hydrogens (tertiary/aromatic N) is 1. The average Bonchev–Trinajstić information content (AvgIpc) is 2.66. The van der Waals surface area contributed by atoms with Gasteiger partial charge in [-0.1, -0.05) is 6.07 Å². The third-order valence-electron chi connectivity index (χ3n) is 4.24. The first-order valence-electron chi connectivity index (χ1n) is 6.20. The van der Waals surface area contributed by atoms with Gasteiger partial charge in [0.1, 0.15) is 0 Å². The number of hydrogen-bond donors (Lipinski definition) is 2. The SMILES string of the molecule is CC(C)(C#N)C1(c2ccc3[nH]c(=O)[nH]c3c2)COC1. The van der Waals surface area contributed by atoms with Crippen LogP contribution in [0, 0.1) is 16.7 Å². The summed E-state index contributed by atoms with van der Waals surface area (Å²) in [5.74, 6) is 0. The smallest absolute Gasteiger partial charge is 0.323 e. The van der Waals surface area contributed by atoms with Crippen molar-refractivity contribution in [2.24, 2.45) is 5.41 Å². The van der Waals surface area contributed by atoms with Crippen molar-refractivity contribution in [2.75, 3.05) is 13.2 Å². The summed E-state index contributed by atoms with van der Waals surface area (Å²) in [6.07, 6.45) is 0. The minimum atomic E-state index is -0.518. The van der Waals surface area contributed by atoms with Gasteiger partial charge in [0.25, 0.3) is 0 Å². The Morgan fingerprint density at radius 2 is 2.00 bits per heavy atom. The van der Waals surface area contributed by atoms with Crippen LogP contribution in [0.25, 0.3) is 11.0 Å². The van der Waals surface area contributed by atoms with Crippen LogP contribution in [0.2, 0.25) is 0 Å². The van der Waals surface area contributed by atoms with Crippen LogP contribution < -0.4 is 5.69 Å². The predicted molar refractivity (Wildman–Crippen MR) is 70.8 cm³/mol. The summed E-state index contributed by atoms with van der Waals surface area (Å²) in [6, 6.07) is 8.15. The summed E-state index contributed by atoms with van der Waals surface area (Å²) in [5, 5.41) is 9.40. The lowest BCUT2D eigenvalue weighted by Crippen LogP contribution is -2.56. The van der Waals surface area contributed by atoms with Crippen LogP contribution in [0.15, 0.2) is 23.0 Å². The topological polar surface area (TPSA) is 81.7 Å². The summed E-state index contributed by atoms with van der Waals surface area (Å²) < 4.78 is 5.37. The molecule has 0 radical (unpaired) electrons. The molecule has 2 aromatic rings. The van der Waals surface area contributed by atoms with E-state index in [1.165, 1.54) is 0 Å². The highest BCUT2D eigenvalue weighted by atomic mass is 16.5. The Morgan fingerprint density at radius 1 is 1.32 bits per heavy atom. The highest BCUT2D eigenvalue weighted by molar-refractivity contribution is 5.75. The van der Waals surface area contributed by atoms with Crippen molar-refractivity contribution in [3.05, 3.63) is 34.2 Å². The van der Waals surface area contributed by atoms with Gasteiger partial charge < -0.3 is 14.7 Å². The normalized spacial score (nSPS) is 17.9. The zero-order valence-electron chi connectivity index (χ0n) is 10.9. The number of aromatic amines is 2. The molecule has 0 amide bonds. The number of fused-ring (bicyclic) bond motifs is 1. The van der Waals surface area contributed by atoms with E-state index in [1.54, 1.807) is 0 Å². The van der Waals surface area contributed by atoms with E-state index >= 15 is 0 Å². The molecule has 0 saturated carbocycles. The molecule has 1 fully saturated rings. The Labute approximate surface area is 110 Å². The fourth-order valence-electron chi connectivity index (χ4n) is 2.63. The minimum absolute atomic E-state index is 0.217.